The molecule has 10 nitrogen and oxygen atoms in total. The highest BCUT2D eigenvalue weighted by Crippen LogP contribution is 2.34. The molecule has 4 rings (SSSR count). The summed E-state index contributed by atoms with van der Waals surface area (Å²) in [5.41, 5.74) is 6.21. The van der Waals surface area contributed by atoms with Gasteiger partial charge in [-0.1, -0.05) is 40.6 Å². The van der Waals surface area contributed by atoms with Crippen LogP contribution in [-0.4, -0.2) is 79.8 Å². The SMILES string of the molecule is CN(C)CCOc1ccc(S(=O)(=O)N2CCC(Nc3nc(N)c(C(=O)c4c(Cl)cccc4Cl)s3)CC2)cn1.Cl. The molecule has 0 radical (unpaired) electrons. The van der Waals surface area contributed by atoms with E-state index in [0.717, 1.165) is 17.9 Å². The number of rotatable bonds is 10. The molecule has 3 N–H and O–H groups in total. The minimum absolute atomic E-state index is 0. The Morgan fingerprint density at radius 1 is 1.21 bits per heavy atom. The van der Waals surface area contributed by atoms with Gasteiger partial charge >= 0.3 is 0 Å². The Morgan fingerprint density at radius 3 is 2.46 bits per heavy atom. The molecule has 0 saturated carbocycles. The van der Waals surface area contributed by atoms with Gasteiger partial charge in [-0.3, -0.25) is 4.79 Å². The lowest BCUT2D eigenvalue weighted by Crippen LogP contribution is -2.42. The van der Waals surface area contributed by atoms with Crippen LogP contribution in [0, 0.1) is 0 Å². The fraction of sp³-hybridized carbons (Fsp3) is 0.375. The molecular formula is C24H29Cl3N6O4S2. The van der Waals surface area contributed by atoms with Crippen molar-refractivity contribution in [3.05, 3.63) is 57.0 Å². The highest BCUT2D eigenvalue weighted by Gasteiger charge is 2.30. The number of ether oxygens (including phenoxy) is 1. The lowest BCUT2D eigenvalue weighted by atomic mass is 10.1. The molecule has 0 amide bonds. The van der Waals surface area contributed by atoms with Crippen molar-refractivity contribution in [2.45, 2.75) is 23.8 Å². The summed E-state index contributed by atoms with van der Waals surface area (Å²) in [6, 6.07) is 7.88. The molecular weight excluding hydrogens is 607 g/mol. The monoisotopic (exact) mass is 634 g/mol. The summed E-state index contributed by atoms with van der Waals surface area (Å²) in [6.07, 6.45) is 2.43. The van der Waals surface area contributed by atoms with Gasteiger partial charge in [-0.05, 0) is 45.1 Å². The number of likely N-dealkylation sites (N-methyl/N-ethyl adjacent to an activating group) is 1. The number of carbonyl (C=O) groups excluding carboxylic acids is 1. The minimum atomic E-state index is -3.69. The fourth-order valence-corrected chi connectivity index (χ4v) is 6.78. The molecule has 212 valence electrons. The van der Waals surface area contributed by atoms with Gasteiger partial charge in [-0.2, -0.15) is 4.31 Å². The molecule has 0 bridgehead atoms. The second-order valence-electron chi connectivity index (χ2n) is 8.97. The zero-order valence-corrected chi connectivity index (χ0v) is 25.2. The summed E-state index contributed by atoms with van der Waals surface area (Å²) in [5.74, 6) is 0.0681. The first-order valence-corrected chi connectivity index (χ1v) is 14.8. The highest BCUT2D eigenvalue weighted by molar-refractivity contribution is 7.89. The molecule has 0 aliphatic carbocycles. The second-order valence-corrected chi connectivity index (χ2v) is 12.7. The number of piperidine rings is 1. The van der Waals surface area contributed by atoms with Gasteiger partial charge in [0.05, 0.1) is 21.8 Å². The van der Waals surface area contributed by atoms with Crippen LogP contribution >= 0.6 is 46.9 Å². The largest absolute Gasteiger partial charge is 0.476 e. The third-order valence-corrected chi connectivity index (χ3v) is 9.48. The third kappa shape index (κ3) is 7.51. The Kier molecular flexibility index (Phi) is 10.8. The van der Waals surface area contributed by atoms with E-state index in [1.807, 2.05) is 19.0 Å². The highest BCUT2D eigenvalue weighted by atomic mass is 35.5. The zero-order chi connectivity index (χ0) is 27.4. The number of pyridine rings is 1. The number of carbonyl (C=O) groups is 1. The van der Waals surface area contributed by atoms with Crippen molar-refractivity contribution < 1.29 is 17.9 Å². The predicted octanol–water partition coefficient (Wildman–Crippen LogP) is 4.29. The first-order chi connectivity index (χ1) is 18.1. The van der Waals surface area contributed by atoms with Crippen LogP contribution in [0.4, 0.5) is 10.9 Å². The molecule has 15 heteroatoms. The van der Waals surface area contributed by atoms with E-state index in [4.69, 9.17) is 33.7 Å². The maximum Gasteiger partial charge on any atom is 0.244 e. The predicted molar refractivity (Wildman–Crippen MR) is 157 cm³/mol. The number of halogens is 3. The molecule has 1 fully saturated rings. The van der Waals surface area contributed by atoms with E-state index in [-0.39, 0.29) is 49.6 Å². The number of anilines is 2. The summed E-state index contributed by atoms with van der Waals surface area (Å²) in [6.45, 7) is 1.83. The van der Waals surface area contributed by atoms with E-state index in [2.05, 4.69) is 15.3 Å². The van der Waals surface area contributed by atoms with Crippen LogP contribution in [0.1, 0.15) is 28.1 Å². The molecule has 1 saturated heterocycles. The van der Waals surface area contributed by atoms with Gasteiger partial charge in [0.1, 0.15) is 22.2 Å². The van der Waals surface area contributed by atoms with Crippen molar-refractivity contribution in [1.82, 2.24) is 19.2 Å². The van der Waals surface area contributed by atoms with Crippen LogP contribution in [0.25, 0.3) is 0 Å². The number of aromatic nitrogens is 2. The lowest BCUT2D eigenvalue weighted by Gasteiger charge is -2.31. The molecule has 0 spiro atoms. The Hall–Kier alpha value is -2.19. The van der Waals surface area contributed by atoms with Crippen molar-refractivity contribution in [2.24, 2.45) is 0 Å². The van der Waals surface area contributed by atoms with Crippen molar-refractivity contribution in [2.75, 3.05) is 51.4 Å². The summed E-state index contributed by atoms with van der Waals surface area (Å²) in [7, 11) is 0.193. The normalized spacial score (nSPS) is 14.7. The number of benzene rings is 1. The van der Waals surface area contributed by atoms with Crippen LogP contribution in [0.2, 0.25) is 10.0 Å². The Morgan fingerprint density at radius 2 is 1.87 bits per heavy atom. The van der Waals surface area contributed by atoms with Gasteiger partial charge in [0, 0.05) is 31.7 Å². The van der Waals surface area contributed by atoms with Gasteiger partial charge in [-0.15, -0.1) is 12.4 Å². The molecule has 3 heterocycles. The zero-order valence-electron chi connectivity index (χ0n) is 21.3. The van der Waals surface area contributed by atoms with Crippen LogP contribution in [0.5, 0.6) is 5.88 Å². The van der Waals surface area contributed by atoms with E-state index in [1.165, 1.54) is 16.6 Å². The van der Waals surface area contributed by atoms with Crippen LogP contribution in [0.15, 0.2) is 41.4 Å². The number of thiazole rings is 1. The fourth-order valence-electron chi connectivity index (χ4n) is 3.89. The molecule has 0 unspecified atom stereocenters. The summed E-state index contributed by atoms with van der Waals surface area (Å²) in [4.78, 5) is 23.8. The average Bonchev–Trinajstić information content (AvgIpc) is 3.24. The number of hydrogen-bond donors (Lipinski definition) is 2. The Bertz CT molecular complexity index is 1380. The molecule has 2 aromatic heterocycles. The number of nitrogens with zero attached hydrogens (tertiary/aromatic N) is 4. The molecule has 3 aromatic rings. The standard InChI is InChI=1S/C24H28Cl2N6O4S2.ClH/c1-31(2)12-13-36-19-7-6-16(14-28-19)38(34,35)32-10-8-15(9-11-32)29-24-30-23(27)22(37-24)21(33)20-17(25)4-3-5-18(20)26;/h3-7,14-15H,8-13,27H2,1-2H3,(H,29,30);1H. The van der Waals surface area contributed by atoms with Gasteiger partial charge < -0.3 is 20.7 Å². The average molecular weight is 636 g/mol. The Balaban J connectivity index is 0.00000420. The number of ketones is 1. The number of sulfonamides is 1. The Labute approximate surface area is 247 Å². The third-order valence-electron chi connectivity index (χ3n) is 5.97. The van der Waals surface area contributed by atoms with E-state index in [0.29, 0.717) is 43.5 Å². The molecule has 1 aliphatic heterocycles. The molecule has 1 aliphatic rings. The molecule has 0 atom stereocenters. The van der Waals surface area contributed by atoms with Crippen LogP contribution < -0.4 is 15.8 Å². The van der Waals surface area contributed by atoms with E-state index in [9.17, 15) is 13.2 Å². The number of nitrogens with one attached hydrogen (secondary N) is 1. The van der Waals surface area contributed by atoms with Crippen molar-refractivity contribution in [1.29, 1.82) is 0 Å². The summed E-state index contributed by atoms with van der Waals surface area (Å²) >= 11 is 13.5. The van der Waals surface area contributed by atoms with Crippen molar-refractivity contribution in [3.63, 3.8) is 0 Å². The maximum atomic E-state index is 13.1. The van der Waals surface area contributed by atoms with Gasteiger partial charge in [0.2, 0.25) is 21.7 Å². The summed E-state index contributed by atoms with van der Waals surface area (Å²) in [5, 5.41) is 4.23. The second kappa shape index (κ2) is 13.4. The molecule has 39 heavy (non-hydrogen) atoms. The van der Waals surface area contributed by atoms with Crippen molar-refractivity contribution in [3.8, 4) is 5.88 Å². The van der Waals surface area contributed by atoms with Crippen LogP contribution in [0.3, 0.4) is 0 Å². The quantitative estimate of drug-likeness (QED) is 0.313. The first-order valence-electron chi connectivity index (χ1n) is 11.8. The molecule has 1 aromatic carbocycles. The number of hydrogen-bond acceptors (Lipinski definition) is 10. The maximum absolute atomic E-state index is 13.1. The van der Waals surface area contributed by atoms with Crippen LogP contribution in [-0.2, 0) is 10.0 Å². The summed E-state index contributed by atoms with van der Waals surface area (Å²) < 4.78 is 33.2. The minimum Gasteiger partial charge on any atom is -0.476 e. The van der Waals surface area contributed by atoms with E-state index < -0.39 is 15.8 Å². The lowest BCUT2D eigenvalue weighted by molar-refractivity contribution is 0.104. The first kappa shape index (κ1) is 31.3. The van der Waals surface area contributed by atoms with Gasteiger partial charge in [0.25, 0.3) is 0 Å². The van der Waals surface area contributed by atoms with Gasteiger partial charge in [0.15, 0.2) is 5.13 Å². The van der Waals surface area contributed by atoms with E-state index in [1.54, 1.807) is 24.3 Å². The van der Waals surface area contributed by atoms with Crippen molar-refractivity contribution >= 4 is 73.7 Å². The number of nitrogens with two attached hydrogens (primary N) is 1. The topological polar surface area (TPSA) is 131 Å². The van der Waals surface area contributed by atoms with Gasteiger partial charge in [-0.25, -0.2) is 18.4 Å². The number of nitrogen functional groups attached to an aromatic ring is 1. The van der Waals surface area contributed by atoms with E-state index >= 15 is 0 Å². The smallest absolute Gasteiger partial charge is 0.244 e.